The third-order valence-electron chi connectivity index (χ3n) is 4.18. The van der Waals surface area contributed by atoms with Gasteiger partial charge in [-0.05, 0) is 13.0 Å². The number of esters is 1. The quantitative estimate of drug-likeness (QED) is 0.539. The smallest absolute Gasteiger partial charge is 0.306 e. The molecule has 0 radical (unpaired) electrons. The highest BCUT2D eigenvalue weighted by molar-refractivity contribution is 6.05. The molecule has 8 heteroatoms. The molecule has 0 aliphatic carbocycles. The van der Waals surface area contributed by atoms with Crippen LogP contribution in [0.3, 0.4) is 0 Å². The van der Waals surface area contributed by atoms with E-state index in [1.165, 1.54) is 19.1 Å². The normalized spacial score (nSPS) is 11.6. The Hall–Kier alpha value is -3.68. The van der Waals surface area contributed by atoms with Gasteiger partial charge in [0.1, 0.15) is 0 Å². The molecule has 1 amide bonds. The molecule has 8 nitrogen and oxygen atoms in total. The first-order valence-corrected chi connectivity index (χ1v) is 8.92. The van der Waals surface area contributed by atoms with Crippen LogP contribution in [0.15, 0.2) is 42.5 Å². The summed E-state index contributed by atoms with van der Waals surface area (Å²) in [6, 6.07) is 11.6. The summed E-state index contributed by atoms with van der Waals surface area (Å²) in [4.78, 5) is 47.7. The summed E-state index contributed by atoms with van der Waals surface area (Å²) < 4.78 is 15.4. The zero-order valence-corrected chi connectivity index (χ0v) is 15.7. The summed E-state index contributed by atoms with van der Waals surface area (Å²) in [6.45, 7) is 0.852. The minimum atomic E-state index is -0.665. The van der Waals surface area contributed by atoms with Gasteiger partial charge in [0.25, 0.3) is 5.91 Å². The van der Waals surface area contributed by atoms with Gasteiger partial charge < -0.3 is 19.5 Å². The van der Waals surface area contributed by atoms with Gasteiger partial charge in [0.15, 0.2) is 29.7 Å². The Morgan fingerprint density at radius 2 is 1.69 bits per heavy atom. The van der Waals surface area contributed by atoms with Crippen LogP contribution >= 0.6 is 0 Å². The lowest BCUT2D eigenvalue weighted by Crippen LogP contribution is -2.22. The molecule has 0 fully saturated rings. The Labute approximate surface area is 166 Å². The van der Waals surface area contributed by atoms with Gasteiger partial charge in [0.05, 0.1) is 12.1 Å². The zero-order chi connectivity index (χ0) is 20.8. The number of ketones is 2. The van der Waals surface area contributed by atoms with Crippen LogP contribution in [0.25, 0.3) is 0 Å². The van der Waals surface area contributed by atoms with Crippen molar-refractivity contribution in [1.82, 2.24) is 0 Å². The Morgan fingerprint density at radius 3 is 2.38 bits per heavy atom. The highest BCUT2D eigenvalue weighted by Crippen LogP contribution is 2.37. The average molecular weight is 397 g/mol. The van der Waals surface area contributed by atoms with E-state index in [1.54, 1.807) is 30.3 Å². The number of rotatable bonds is 8. The molecule has 0 spiro atoms. The van der Waals surface area contributed by atoms with E-state index in [2.05, 4.69) is 5.32 Å². The second kappa shape index (κ2) is 9.01. The van der Waals surface area contributed by atoms with Crippen LogP contribution in [0, 0.1) is 0 Å². The van der Waals surface area contributed by atoms with Crippen molar-refractivity contribution >= 4 is 29.1 Å². The number of amides is 1. The number of nitrogens with one attached hydrogen (secondary N) is 1. The molecule has 3 rings (SSSR count). The van der Waals surface area contributed by atoms with Crippen molar-refractivity contribution in [3.63, 3.8) is 0 Å². The van der Waals surface area contributed by atoms with Crippen molar-refractivity contribution in [3.8, 4) is 11.5 Å². The number of Topliss-reactive ketones (excluding diaryl/α,β-unsaturated/α-hetero) is 2. The van der Waals surface area contributed by atoms with Gasteiger partial charge >= 0.3 is 5.97 Å². The standard InChI is InChI=1S/C21H19NO7/c1-13(23)15-9-18-19(29-12-28-18)10-16(15)22-20(25)11-27-21(26)8-7-17(24)14-5-3-2-4-6-14/h2-6,9-10H,7-8,11-12H2,1H3,(H,22,25). The lowest BCUT2D eigenvalue weighted by atomic mass is 10.1. The molecule has 150 valence electrons. The molecule has 2 aromatic carbocycles. The monoisotopic (exact) mass is 397 g/mol. The topological polar surface area (TPSA) is 108 Å². The second-order valence-corrected chi connectivity index (χ2v) is 6.31. The van der Waals surface area contributed by atoms with E-state index < -0.39 is 18.5 Å². The lowest BCUT2D eigenvalue weighted by molar-refractivity contribution is -0.147. The first-order chi connectivity index (χ1) is 13.9. The number of carbonyl (C=O) groups excluding carboxylic acids is 4. The molecule has 1 aliphatic rings. The van der Waals surface area contributed by atoms with E-state index >= 15 is 0 Å². The van der Waals surface area contributed by atoms with E-state index in [0.717, 1.165) is 0 Å². The maximum Gasteiger partial charge on any atom is 0.306 e. The van der Waals surface area contributed by atoms with Crippen molar-refractivity contribution in [2.75, 3.05) is 18.7 Å². The predicted molar refractivity (Wildman–Crippen MR) is 102 cm³/mol. The van der Waals surface area contributed by atoms with Gasteiger partial charge in [-0.1, -0.05) is 30.3 Å². The van der Waals surface area contributed by atoms with Crippen molar-refractivity contribution in [2.24, 2.45) is 0 Å². The van der Waals surface area contributed by atoms with Crippen LogP contribution < -0.4 is 14.8 Å². The van der Waals surface area contributed by atoms with Gasteiger partial charge in [0.2, 0.25) is 6.79 Å². The molecule has 2 aromatic rings. The SMILES string of the molecule is CC(=O)c1cc2c(cc1NC(=O)COC(=O)CCC(=O)c1ccccc1)OCO2. The van der Waals surface area contributed by atoms with Crippen LogP contribution in [-0.4, -0.2) is 36.8 Å². The molecule has 0 bridgehead atoms. The molecule has 29 heavy (non-hydrogen) atoms. The molecular weight excluding hydrogens is 378 g/mol. The Balaban J connectivity index is 1.50. The minimum Gasteiger partial charge on any atom is -0.456 e. The number of fused-ring (bicyclic) bond motifs is 1. The molecule has 0 aromatic heterocycles. The lowest BCUT2D eigenvalue weighted by Gasteiger charge is -2.11. The van der Waals surface area contributed by atoms with Crippen molar-refractivity contribution in [1.29, 1.82) is 0 Å². The number of ether oxygens (including phenoxy) is 3. The summed E-state index contributed by atoms with van der Waals surface area (Å²) in [5, 5.41) is 2.53. The predicted octanol–water partition coefficient (Wildman–Crippen LogP) is 2.76. The summed E-state index contributed by atoms with van der Waals surface area (Å²) in [6.07, 6.45) is -0.148. The fourth-order valence-corrected chi connectivity index (χ4v) is 2.73. The third kappa shape index (κ3) is 5.19. The molecule has 1 aliphatic heterocycles. The number of hydrogen-bond donors (Lipinski definition) is 1. The molecule has 1 heterocycles. The van der Waals surface area contributed by atoms with Crippen molar-refractivity contribution < 1.29 is 33.4 Å². The first-order valence-electron chi connectivity index (χ1n) is 8.92. The van der Waals surface area contributed by atoms with Gasteiger partial charge in [-0.2, -0.15) is 0 Å². The zero-order valence-electron chi connectivity index (χ0n) is 15.7. The van der Waals surface area contributed by atoms with Gasteiger partial charge in [-0.15, -0.1) is 0 Å². The molecule has 0 atom stereocenters. The third-order valence-corrected chi connectivity index (χ3v) is 4.18. The highest BCUT2D eigenvalue weighted by Gasteiger charge is 2.21. The summed E-state index contributed by atoms with van der Waals surface area (Å²) >= 11 is 0. The molecule has 1 N–H and O–H groups in total. The summed E-state index contributed by atoms with van der Waals surface area (Å²) in [5.74, 6) is -0.908. The average Bonchev–Trinajstić information content (AvgIpc) is 3.17. The van der Waals surface area contributed by atoms with E-state index in [1.807, 2.05) is 0 Å². The molecule has 0 saturated carbocycles. The number of hydrogen-bond acceptors (Lipinski definition) is 7. The fraction of sp³-hybridized carbons (Fsp3) is 0.238. The molecular formula is C21H19NO7. The first kappa shape index (κ1) is 20.1. The van der Waals surface area contributed by atoms with E-state index in [4.69, 9.17) is 14.2 Å². The second-order valence-electron chi connectivity index (χ2n) is 6.31. The van der Waals surface area contributed by atoms with E-state index in [9.17, 15) is 19.2 Å². The van der Waals surface area contributed by atoms with Crippen molar-refractivity contribution in [3.05, 3.63) is 53.6 Å². The maximum atomic E-state index is 12.1. The van der Waals surface area contributed by atoms with Crippen LogP contribution in [0.2, 0.25) is 0 Å². The molecule has 0 saturated heterocycles. The van der Waals surface area contributed by atoms with Crippen LogP contribution in [-0.2, 0) is 14.3 Å². The molecule has 0 unspecified atom stereocenters. The number of anilines is 1. The van der Waals surface area contributed by atoms with Crippen LogP contribution in [0.1, 0.15) is 40.5 Å². The van der Waals surface area contributed by atoms with E-state index in [0.29, 0.717) is 17.1 Å². The Kier molecular flexibility index (Phi) is 6.23. The largest absolute Gasteiger partial charge is 0.456 e. The minimum absolute atomic E-state index is 0.0128. The number of carbonyl (C=O) groups is 4. The summed E-state index contributed by atoms with van der Waals surface area (Å²) in [7, 11) is 0. The summed E-state index contributed by atoms with van der Waals surface area (Å²) in [5.41, 5.74) is 1.00. The fourth-order valence-electron chi connectivity index (χ4n) is 2.73. The van der Waals surface area contributed by atoms with Gasteiger partial charge in [0, 0.05) is 23.6 Å². The highest BCUT2D eigenvalue weighted by atomic mass is 16.7. The van der Waals surface area contributed by atoms with Crippen LogP contribution in [0.5, 0.6) is 11.5 Å². The maximum absolute atomic E-state index is 12.1. The van der Waals surface area contributed by atoms with E-state index in [-0.39, 0.29) is 42.5 Å². The Morgan fingerprint density at radius 1 is 1.00 bits per heavy atom. The Bertz CT molecular complexity index is 953. The van der Waals surface area contributed by atoms with Crippen molar-refractivity contribution in [2.45, 2.75) is 19.8 Å². The van der Waals surface area contributed by atoms with Gasteiger partial charge in [-0.3, -0.25) is 19.2 Å². The number of benzene rings is 2. The van der Waals surface area contributed by atoms with Gasteiger partial charge in [-0.25, -0.2) is 0 Å². The van der Waals surface area contributed by atoms with Crippen LogP contribution in [0.4, 0.5) is 5.69 Å².